The Labute approximate surface area is 153 Å². The first-order valence-electron chi connectivity index (χ1n) is 8.15. The van der Waals surface area contributed by atoms with Crippen LogP contribution < -0.4 is 0 Å². The third kappa shape index (κ3) is 4.80. The summed E-state index contributed by atoms with van der Waals surface area (Å²) in [5, 5.41) is 9.74. The molecule has 0 saturated carbocycles. The molecule has 0 aliphatic heterocycles. The fraction of sp³-hybridized carbons (Fsp3) is 0.238. The smallest absolute Gasteiger partial charge is 0.303 e. The highest BCUT2D eigenvalue weighted by Crippen LogP contribution is 2.35. The van der Waals surface area contributed by atoms with Crippen LogP contribution in [-0.2, 0) is 15.0 Å². The molecule has 1 unspecified atom stereocenters. The number of aliphatic carboxylic acids is 1. The minimum absolute atomic E-state index is 0.0382. The van der Waals surface area contributed by atoms with E-state index in [1.54, 1.807) is 6.07 Å². The molecule has 0 fully saturated rings. The molecule has 1 N–H and O–H groups in total. The first-order valence-corrected chi connectivity index (χ1v) is 8.53. The summed E-state index contributed by atoms with van der Waals surface area (Å²) in [7, 11) is 0. The number of carbonyl (C=O) groups is 2. The number of Topliss-reactive ketones (excluding diaryl/α,β-unsaturated/α-hetero) is 1. The van der Waals surface area contributed by atoms with Crippen molar-refractivity contribution in [1.29, 1.82) is 0 Å². The number of ketones is 1. The topological polar surface area (TPSA) is 54.4 Å². The van der Waals surface area contributed by atoms with E-state index in [2.05, 4.69) is 0 Å². The Kier molecular flexibility index (Phi) is 6.54. The van der Waals surface area contributed by atoms with Gasteiger partial charge in [0.15, 0.2) is 0 Å². The van der Waals surface area contributed by atoms with Crippen molar-refractivity contribution >= 4 is 29.4 Å². The molecule has 2 aromatic rings. The number of halogens is 1. The van der Waals surface area contributed by atoms with Gasteiger partial charge in [-0.2, -0.15) is 0 Å². The number of carboxylic acids is 1. The maximum absolute atomic E-state index is 12.5. The van der Waals surface area contributed by atoms with Gasteiger partial charge in [-0.3, -0.25) is 9.59 Å². The zero-order valence-electron chi connectivity index (χ0n) is 14.1. The highest BCUT2D eigenvalue weighted by molar-refractivity contribution is 6.32. The summed E-state index contributed by atoms with van der Waals surface area (Å²) in [6.45, 7) is 1.53. The maximum atomic E-state index is 12.5. The van der Waals surface area contributed by atoms with E-state index in [0.29, 0.717) is 11.4 Å². The molecule has 0 saturated heterocycles. The Bertz CT molecular complexity index is 768. The van der Waals surface area contributed by atoms with Crippen LogP contribution in [0.5, 0.6) is 0 Å². The zero-order chi connectivity index (χ0) is 18.3. The average molecular weight is 357 g/mol. The van der Waals surface area contributed by atoms with E-state index in [1.165, 1.54) is 6.92 Å². The molecule has 0 amide bonds. The Morgan fingerprint density at radius 2 is 1.72 bits per heavy atom. The van der Waals surface area contributed by atoms with Crippen molar-refractivity contribution in [2.45, 2.75) is 31.6 Å². The number of rotatable bonds is 8. The molecule has 0 bridgehead atoms. The van der Waals surface area contributed by atoms with Crippen molar-refractivity contribution in [2.75, 3.05) is 0 Å². The van der Waals surface area contributed by atoms with Gasteiger partial charge in [-0.15, -0.1) is 0 Å². The first-order chi connectivity index (χ1) is 12.0. The van der Waals surface area contributed by atoms with E-state index < -0.39 is 11.4 Å². The summed E-state index contributed by atoms with van der Waals surface area (Å²) >= 11 is 6.16. The Morgan fingerprint density at radius 1 is 1.08 bits per heavy atom. The van der Waals surface area contributed by atoms with Crippen LogP contribution in [0.3, 0.4) is 0 Å². The van der Waals surface area contributed by atoms with Gasteiger partial charge in [0.05, 0.1) is 5.41 Å². The number of carbonyl (C=O) groups excluding carboxylic acids is 1. The lowest BCUT2D eigenvalue weighted by molar-refractivity contribution is -0.137. The van der Waals surface area contributed by atoms with Gasteiger partial charge in [-0.25, -0.2) is 0 Å². The number of allylic oxidation sites excluding steroid dienone is 1. The molecule has 2 aromatic carbocycles. The summed E-state index contributed by atoms with van der Waals surface area (Å²) in [5.74, 6) is -0.944. The van der Waals surface area contributed by atoms with Crippen molar-refractivity contribution in [1.82, 2.24) is 0 Å². The summed E-state index contributed by atoms with van der Waals surface area (Å²) in [6, 6.07) is 16.8. The van der Waals surface area contributed by atoms with Gasteiger partial charge in [-0.1, -0.05) is 72.3 Å². The molecule has 3 nitrogen and oxygen atoms in total. The van der Waals surface area contributed by atoms with Crippen molar-refractivity contribution < 1.29 is 14.7 Å². The van der Waals surface area contributed by atoms with Gasteiger partial charge in [0.25, 0.3) is 0 Å². The van der Waals surface area contributed by atoms with Crippen LogP contribution in [0.15, 0.2) is 60.7 Å². The third-order valence-corrected chi connectivity index (χ3v) is 4.78. The molecule has 0 heterocycles. The number of hydrogen-bond acceptors (Lipinski definition) is 2. The van der Waals surface area contributed by atoms with Gasteiger partial charge in [0.2, 0.25) is 0 Å². The van der Waals surface area contributed by atoms with Gasteiger partial charge >= 0.3 is 5.97 Å². The molecule has 0 aromatic heterocycles. The van der Waals surface area contributed by atoms with Crippen LogP contribution in [0.25, 0.3) is 6.08 Å². The van der Waals surface area contributed by atoms with E-state index >= 15 is 0 Å². The van der Waals surface area contributed by atoms with Gasteiger partial charge in [0.1, 0.15) is 5.78 Å². The number of hydrogen-bond donors (Lipinski definition) is 1. The molecule has 1 atom stereocenters. The molecule has 0 aliphatic carbocycles. The normalized spacial score (nSPS) is 13.5. The Morgan fingerprint density at radius 3 is 2.32 bits per heavy atom. The van der Waals surface area contributed by atoms with Crippen LogP contribution in [0, 0.1) is 0 Å². The molecule has 2 rings (SSSR count). The lowest BCUT2D eigenvalue weighted by Gasteiger charge is -2.30. The lowest BCUT2D eigenvalue weighted by Crippen LogP contribution is -2.34. The second-order valence-electron chi connectivity index (χ2n) is 6.03. The molecule has 0 spiro atoms. The SMILES string of the molecule is CC(=O)C(CC=Cc1ccccc1Cl)(CCC(=O)O)c1ccccc1. The highest BCUT2D eigenvalue weighted by Gasteiger charge is 2.36. The van der Waals surface area contributed by atoms with Crippen LogP contribution >= 0.6 is 11.6 Å². The fourth-order valence-corrected chi connectivity index (χ4v) is 3.16. The van der Waals surface area contributed by atoms with Crippen molar-refractivity contribution in [2.24, 2.45) is 0 Å². The van der Waals surface area contributed by atoms with E-state index in [9.17, 15) is 9.59 Å². The highest BCUT2D eigenvalue weighted by atomic mass is 35.5. The largest absolute Gasteiger partial charge is 0.481 e. The molecule has 0 radical (unpaired) electrons. The predicted molar refractivity (Wildman–Crippen MR) is 101 cm³/mol. The summed E-state index contributed by atoms with van der Waals surface area (Å²) < 4.78 is 0. The Hall–Kier alpha value is -2.39. The minimum Gasteiger partial charge on any atom is -0.481 e. The zero-order valence-corrected chi connectivity index (χ0v) is 14.9. The monoisotopic (exact) mass is 356 g/mol. The van der Waals surface area contributed by atoms with E-state index in [4.69, 9.17) is 16.7 Å². The van der Waals surface area contributed by atoms with Crippen molar-refractivity contribution in [3.63, 3.8) is 0 Å². The van der Waals surface area contributed by atoms with Crippen LogP contribution in [0.2, 0.25) is 5.02 Å². The standard InChI is InChI=1S/C21H21ClO3/c1-16(23)21(15-13-20(24)25,18-10-3-2-4-11-18)14-7-9-17-8-5-6-12-19(17)22/h2-12H,13-15H2,1H3,(H,24,25). The quantitative estimate of drug-likeness (QED) is 0.712. The van der Waals surface area contributed by atoms with E-state index in [1.807, 2.05) is 60.7 Å². The number of carboxylic acid groups (broad SMARTS) is 1. The molecule has 0 aliphatic rings. The third-order valence-electron chi connectivity index (χ3n) is 4.43. The summed E-state index contributed by atoms with van der Waals surface area (Å²) in [4.78, 5) is 23.6. The van der Waals surface area contributed by atoms with Crippen LogP contribution in [-0.4, -0.2) is 16.9 Å². The fourth-order valence-electron chi connectivity index (χ4n) is 2.96. The molecule has 4 heteroatoms. The van der Waals surface area contributed by atoms with Crippen LogP contribution in [0.1, 0.15) is 37.3 Å². The average Bonchev–Trinajstić information content (AvgIpc) is 2.60. The van der Waals surface area contributed by atoms with Crippen molar-refractivity contribution in [3.05, 3.63) is 76.8 Å². The molecular formula is C21H21ClO3. The van der Waals surface area contributed by atoms with Crippen LogP contribution in [0.4, 0.5) is 0 Å². The summed E-state index contributed by atoms with van der Waals surface area (Å²) in [5.41, 5.74) is 0.859. The molecule has 25 heavy (non-hydrogen) atoms. The number of benzene rings is 2. The van der Waals surface area contributed by atoms with Gasteiger partial charge in [0, 0.05) is 11.4 Å². The van der Waals surface area contributed by atoms with Gasteiger partial charge in [-0.05, 0) is 37.0 Å². The molecule has 130 valence electrons. The van der Waals surface area contributed by atoms with Gasteiger partial charge < -0.3 is 5.11 Å². The second-order valence-corrected chi connectivity index (χ2v) is 6.43. The Balaban J connectivity index is 2.35. The summed E-state index contributed by atoms with van der Waals surface area (Å²) in [6.07, 6.45) is 4.40. The molecular weight excluding hydrogens is 336 g/mol. The van der Waals surface area contributed by atoms with Crippen molar-refractivity contribution in [3.8, 4) is 0 Å². The second kappa shape index (κ2) is 8.63. The first kappa shape index (κ1) is 18.9. The van der Waals surface area contributed by atoms with E-state index in [-0.39, 0.29) is 18.6 Å². The predicted octanol–water partition coefficient (Wildman–Crippen LogP) is 5.14. The maximum Gasteiger partial charge on any atom is 0.303 e. The minimum atomic E-state index is -0.906. The van der Waals surface area contributed by atoms with E-state index in [0.717, 1.165) is 11.1 Å². The lowest BCUT2D eigenvalue weighted by atomic mass is 9.71.